The fourth-order valence-corrected chi connectivity index (χ4v) is 0.574. The Morgan fingerprint density at radius 1 is 1.44 bits per heavy atom. The molecule has 1 heterocycles. The molecule has 1 rings (SSSR count). The number of aliphatic hydroxyl groups excluding tert-OH is 1. The molecule has 1 aliphatic rings. The summed E-state index contributed by atoms with van der Waals surface area (Å²) in [5.74, 6) is 0.292. The molecule has 2 N–H and O–H groups in total. The van der Waals surface area contributed by atoms with Gasteiger partial charge in [-0.1, -0.05) is 6.08 Å². The van der Waals surface area contributed by atoms with Crippen LogP contribution in [0.2, 0.25) is 0 Å². The summed E-state index contributed by atoms with van der Waals surface area (Å²) in [6.07, 6.45) is 7.02. The van der Waals surface area contributed by atoms with E-state index in [-0.39, 0.29) is 0 Å². The highest BCUT2D eigenvalue weighted by molar-refractivity contribution is 5.24. The molecule has 0 saturated heterocycles. The third kappa shape index (κ3) is 1.35. The Kier molecular flexibility index (Phi) is 1.58. The monoisotopic (exact) mass is 123 g/mol. The largest absolute Gasteiger partial charge is 0.506 e. The molecule has 0 aromatic carbocycles. The van der Waals surface area contributed by atoms with Gasteiger partial charge < -0.3 is 10.4 Å². The van der Waals surface area contributed by atoms with Gasteiger partial charge in [0.1, 0.15) is 5.76 Å². The lowest BCUT2D eigenvalue weighted by molar-refractivity contribution is 0.422. The Balaban J connectivity index is 2.85. The Hall–Kier alpha value is -1.18. The van der Waals surface area contributed by atoms with Gasteiger partial charge in [0, 0.05) is 6.20 Å². The van der Waals surface area contributed by atoms with E-state index in [1.54, 1.807) is 18.4 Å². The second-order valence-electron chi connectivity index (χ2n) is 1.87. The first-order valence-electron chi connectivity index (χ1n) is 2.80. The van der Waals surface area contributed by atoms with Crippen LogP contribution in [-0.2, 0) is 0 Å². The van der Waals surface area contributed by atoms with Crippen LogP contribution >= 0.6 is 0 Å². The molecular formula is C7H9NO. The van der Waals surface area contributed by atoms with E-state index < -0.39 is 0 Å². The average Bonchev–Trinajstić information content (AvgIpc) is 1.99. The first kappa shape index (κ1) is 5.95. The highest BCUT2D eigenvalue weighted by Crippen LogP contribution is 2.01. The van der Waals surface area contributed by atoms with Gasteiger partial charge in [-0.25, -0.2) is 0 Å². The van der Waals surface area contributed by atoms with Crippen LogP contribution in [0.3, 0.4) is 0 Å². The summed E-state index contributed by atoms with van der Waals surface area (Å²) in [5, 5.41) is 11.9. The van der Waals surface area contributed by atoms with E-state index in [4.69, 9.17) is 5.11 Å². The molecular weight excluding hydrogens is 114 g/mol. The van der Waals surface area contributed by atoms with Crippen molar-refractivity contribution >= 4 is 0 Å². The van der Waals surface area contributed by atoms with Crippen molar-refractivity contribution in [3.8, 4) is 0 Å². The average molecular weight is 123 g/mol. The maximum Gasteiger partial charge on any atom is 0.134 e. The van der Waals surface area contributed by atoms with Crippen molar-refractivity contribution < 1.29 is 5.11 Å². The Morgan fingerprint density at radius 2 is 2.22 bits per heavy atom. The van der Waals surface area contributed by atoms with E-state index in [9.17, 15) is 0 Å². The molecule has 0 atom stereocenters. The zero-order valence-corrected chi connectivity index (χ0v) is 5.26. The van der Waals surface area contributed by atoms with Gasteiger partial charge in [-0.3, -0.25) is 0 Å². The maximum absolute atomic E-state index is 9.05. The molecule has 0 aromatic rings. The highest BCUT2D eigenvalue weighted by atomic mass is 16.3. The fraction of sp³-hybridized carbons (Fsp3) is 0.143. The van der Waals surface area contributed by atoms with E-state index in [0.717, 1.165) is 5.70 Å². The third-order valence-electron chi connectivity index (χ3n) is 1.15. The molecule has 0 aromatic heterocycles. The predicted octanol–water partition coefficient (Wildman–Crippen LogP) is 1.45. The fourth-order valence-electron chi connectivity index (χ4n) is 0.574. The molecule has 0 fully saturated rings. The number of aliphatic hydroxyl groups is 1. The summed E-state index contributed by atoms with van der Waals surface area (Å²) in [6.45, 7) is 1.81. The van der Waals surface area contributed by atoms with E-state index in [0.29, 0.717) is 5.76 Å². The number of nitrogens with one attached hydrogen (secondary N) is 1. The van der Waals surface area contributed by atoms with Gasteiger partial charge >= 0.3 is 0 Å². The van der Waals surface area contributed by atoms with Crippen LogP contribution in [0, 0.1) is 0 Å². The van der Waals surface area contributed by atoms with Gasteiger partial charge in [-0.2, -0.15) is 0 Å². The van der Waals surface area contributed by atoms with E-state index in [2.05, 4.69) is 5.32 Å². The van der Waals surface area contributed by atoms with E-state index in [1.165, 1.54) is 0 Å². The van der Waals surface area contributed by atoms with Crippen LogP contribution in [0.25, 0.3) is 0 Å². The Morgan fingerprint density at radius 3 is 3.00 bits per heavy atom. The zero-order valence-electron chi connectivity index (χ0n) is 5.26. The second-order valence-corrected chi connectivity index (χ2v) is 1.87. The van der Waals surface area contributed by atoms with E-state index in [1.807, 2.05) is 13.0 Å². The minimum atomic E-state index is 0.292. The summed E-state index contributed by atoms with van der Waals surface area (Å²) in [6, 6.07) is 0. The first-order chi connectivity index (χ1) is 4.30. The lowest BCUT2D eigenvalue weighted by Gasteiger charge is -1.98. The minimum Gasteiger partial charge on any atom is -0.506 e. The summed E-state index contributed by atoms with van der Waals surface area (Å²) in [4.78, 5) is 0. The van der Waals surface area contributed by atoms with Crippen LogP contribution in [0.1, 0.15) is 6.92 Å². The van der Waals surface area contributed by atoms with Crippen LogP contribution in [0.5, 0.6) is 0 Å². The van der Waals surface area contributed by atoms with Gasteiger partial charge in [0.15, 0.2) is 0 Å². The number of hydrogen-bond donors (Lipinski definition) is 2. The molecule has 0 spiro atoms. The highest BCUT2D eigenvalue weighted by Gasteiger charge is 1.93. The zero-order chi connectivity index (χ0) is 6.69. The van der Waals surface area contributed by atoms with Gasteiger partial charge in [-0.05, 0) is 19.1 Å². The summed E-state index contributed by atoms with van der Waals surface area (Å²) >= 11 is 0. The molecule has 0 aliphatic carbocycles. The predicted molar refractivity (Wildman–Crippen MR) is 36.7 cm³/mol. The van der Waals surface area contributed by atoms with Crippen LogP contribution in [-0.4, -0.2) is 5.11 Å². The lowest BCUT2D eigenvalue weighted by Crippen LogP contribution is -2.01. The normalized spacial score (nSPS) is 17.4. The Bertz CT molecular complexity index is 189. The van der Waals surface area contributed by atoms with Gasteiger partial charge in [0.25, 0.3) is 0 Å². The summed E-state index contributed by atoms with van der Waals surface area (Å²) < 4.78 is 0. The third-order valence-corrected chi connectivity index (χ3v) is 1.15. The van der Waals surface area contributed by atoms with Crippen LogP contribution in [0.4, 0.5) is 0 Å². The molecule has 0 bridgehead atoms. The number of allylic oxidation sites excluding steroid dienone is 4. The SMILES string of the molecule is CC1=C(O)C=CC=CN1. The molecule has 1 aliphatic heterocycles. The number of hydrogen-bond acceptors (Lipinski definition) is 2. The van der Waals surface area contributed by atoms with Crippen LogP contribution in [0.15, 0.2) is 35.9 Å². The van der Waals surface area contributed by atoms with Crippen molar-refractivity contribution in [2.45, 2.75) is 6.92 Å². The van der Waals surface area contributed by atoms with E-state index >= 15 is 0 Å². The molecule has 0 radical (unpaired) electrons. The van der Waals surface area contributed by atoms with Crippen LogP contribution < -0.4 is 5.32 Å². The van der Waals surface area contributed by atoms with Crippen molar-refractivity contribution in [1.82, 2.24) is 5.32 Å². The van der Waals surface area contributed by atoms with Crippen molar-refractivity contribution in [3.05, 3.63) is 35.9 Å². The molecule has 2 nitrogen and oxygen atoms in total. The molecule has 9 heavy (non-hydrogen) atoms. The standard InChI is InChI=1S/C7H9NO/c1-6-7(9)4-2-3-5-8-6/h2-5,8-9H,1H3. The quantitative estimate of drug-likeness (QED) is 0.511. The molecule has 0 unspecified atom stereocenters. The summed E-state index contributed by atoms with van der Waals surface area (Å²) in [5.41, 5.74) is 0.778. The van der Waals surface area contributed by atoms with Gasteiger partial charge in [-0.15, -0.1) is 0 Å². The summed E-state index contributed by atoms with van der Waals surface area (Å²) in [7, 11) is 0. The first-order valence-corrected chi connectivity index (χ1v) is 2.80. The topological polar surface area (TPSA) is 32.3 Å². The molecule has 0 saturated carbocycles. The second kappa shape index (κ2) is 2.40. The smallest absolute Gasteiger partial charge is 0.134 e. The van der Waals surface area contributed by atoms with Crippen molar-refractivity contribution in [2.75, 3.05) is 0 Å². The van der Waals surface area contributed by atoms with Gasteiger partial charge in [0.2, 0.25) is 0 Å². The molecule has 2 heteroatoms. The Labute approximate surface area is 54.2 Å². The minimum absolute atomic E-state index is 0.292. The number of rotatable bonds is 0. The van der Waals surface area contributed by atoms with Crippen molar-refractivity contribution in [1.29, 1.82) is 0 Å². The molecule has 48 valence electrons. The van der Waals surface area contributed by atoms with Crippen molar-refractivity contribution in [3.63, 3.8) is 0 Å². The maximum atomic E-state index is 9.05. The van der Waals surface area contributed by atoms with Crippen molar-refractivity contribution in [2.24, 2.45) is 0 Å². The lowest BCUT2D eigenvalue weighted by atomic mass is 10.4. The van der Waals surface area contributed by atoms with Gasteiger partial charge in [0.05, 0.1) is 5.70 Å². The molecule has 0 amide bonds.